The molecule has 7 aromatic carbocycles. The van der Waals surface area contributed by atoms with E-state index in [-0.39, 0.29) is 83.7 Å². The summed E-state index contributed by atoms with van der Waals surface area (Å²) >= 11 is 0.950. The molecule has 50 heavy (non-hydrogen) atoms. The second-order valence-corrected chi connectivity index (χ2v) is 12.7. The number of para-hydroxylation sites is 1. The zero-order valence-electron chi connectivity index (χ0n) is 36.1. The van der Waals surface area contributed by atoms with Crippen LogP contribution >= 0.6 is 11.3 Å². The summed E-state index contributed by atoms with van der Waals surface area (Å²) in [6.45, 7) is 0. The van der Waals surface area contributed by atoms with E-state index >= 15 is 0 Å². The van der Waals surface area contributed by atoms with Gasteiger partial charge in [-0.15, -0.1) is 11.3 Å². The Morgan fingerprint density at radius 1 is 0.440 bits per heavy atom. The molecule has 234 valence electrons. The summed E-state index contributed by atoms with van der Waals surface area (Å²) in [5, 5.41) is 0.190. The number of aromatic nitrogens is 4. The van der Waals surface area contributed by atoms with Gasteiger partial charge in [0.2, 0.25) is 5.95 Å². The van der Waals surface area contributed by atoms with Crippen LogP contribution in [0.15, 0.2) is 170 Å². The lowest BCUT2D eigenvalue weighted by molar-refractivity contribution is 0.954. The quantitative estimate of drug-likeness (QED) is 0.184. The molecule has 5 heteroatoms. The lowest BCUT2D eigenvalue weighted by Gasteiger charge is -2.12. The number of fused-ring (bicyclic) bond motifs is 6. The molecule has 0 aliphatic carbocycles. The molecule has 0 atom stereocenters. The third-order valence-corrected chi connectivity index (χ3v) is 9.72. The van der Waals surface area contributed by atoms with Crippen molar-refractivity contribution < 1.29 is 13.7 Å². The Hall–Kier alpha value is -6.43. The van der Waals surface area contributed by atoms with E-state index in [1.807, 2.05) is 109 Å². The Kier molecular flexibility index (Phi) is 4.69. The zero-order chi connectivity index (χ0) is 41.7. The van der Waals surface area contributed by atoms with Crippen LogP contribution in [0.2, 0.25) is 0 Å². The van der Waals surface area contributed by atoms with E-state index in [4.69, 9.17) is 24.5 Å². The minimum atomic E-state index is -0.531. The third-order valence-electron chi connectivity index (χ3n) is 8.70. The number of thiophene rings is 1. The molecule has 0 saturated carbocycles. The molecule has 10 aromatic rings. The zero-order valence-corrected chi connectivity index (χ0v) is 26.9. The molecule has 10 rings (SSSR count). The van der Waals surface area contributed by atoms with Crippen molar-refractivity contribution in [2.24, 2.45) is 0 Å². The second-order valence-electron chi connectivity index (χ2n) is 11.7. The van der Waals surface area contributed by atoms with Crippen LogP contribution in [0.4, 0.5) is 0 Å². The first-order valence-corrected chi connectivity index (χ1v) is 16.7. The van der Waals surface area contributed by atoms with Crippen molar-refractivity contribution >= 4 is 53.3 Å². The van der Waals surface area contributed by atoms with Crippen molar-refractivity contribution in [2.45, 2.75) is 0 Å². The van der Waals surface area contributed by atoms with Crippen LogP contribution in [0.1, 0.15) is 13.7 Å². The molecule has 0 aliphatic rings. The van der Waals surface area contributed by atoms with Crippen molar-refractivity contribution in [2.75, 3.05) is 0 Å². The minimum absolute atomic E-state index is 0.0132. The largest absolute Gasteiger partial charge is 0.278 e. The fraction of sp³-hybridized carbons (Fsp3) is 0. The first-order chi connectivity index (χ1) is 28.9. The van der Waals surface area contributed by atoms with Crippen LogP contribution in [0.5, 0.6) is 0 Å². The standard InChI is InChI=1S/C45H28N4S/c1-3-13-29(14-4-1)31-17-11-19-33(25-31)43-46-44(34-20-12-18-32(26-34)30-15-5-2-6-16-30)48-45(47-43)49-39-23-9-7-21-35(39)37-28-42-38(27-40(37)49)36-22-8-10-24-41(36)50-42/h1-28H/i7D,8D,9D,10D,21D,22D,23D,24D,27D,28D. The van der Waals surface area contributed by atoms with E-state index in [1.54, 1.807) is 0 Å². The Labute approximate surface area is 306 Å². The molecule has 0 aliphatic heterocycles. The number of hydrogen-bond acceptors (Lipinski definition) is 4. The summed E-state index contributed by atoms with van der Waals surface area (Å²) in [6.07, 6.45) is 0. The number of rotatable bonds is 5. The third kappa shape index (κ3) is 4.79. The van der Waals surface area contributed by atoms with Gasteiger partial charge < -0.3 is 0 Å². The fourth-order valence-corrected chi connectivity index (χ4v) is 7.33. The Balaban J connectivity index is 1.36. The van der Waals surface area contributed by atoms with E-state index in [9.17, 15) is 4.11 Å². The van der Waals surface area contributed by atoms with E-state index in [2.05, 4.69) is 0 Å². The summed E-state index contributed by atoms with van der Waals surface area (Å²) < 4.78 is 91.4. The van der Waals surface area contributed by atoms with Gasteiger partial charge in [-0.3, -0.25) is 4.57 Å². The molecule has 3 heterocycles. The summed E-state index contributed by atoms with van der Waals surface area (Å²) in [7, 11) is 0. The Morgan fingerprint density at radius 2 is 1.00 bits per heavy atom. The molecule has 0 bridgehead atoms. The summed E-state index contributed by atoms with van der Waals surface area (Å²) in [5.41, 5.74) is 4.91. The van der Waals surface area contributed by atoms with Gasteiger partial charge in [0.05, 0.1) is 24.7 Å². The van der Waals surface area contributed by atoms with Gasteiger partial charge in [-0.2, -0.15) is 9.97 Å². The van der Waals surface area contributed by atoms with Crippen LogP contribution in [0, 0.1) is 0 Å². The topological polar surface area (TPSA) is 43.6 Å². The van der Waals surface area contributed by atoms with Crippen LogP contribution < -0.4 is 0 Å². The first kappa shape index (κ1) is 20.2. The summed E-state index contributed by atoms with van der Waals surface area (Å²) in [5.74, 6) is 0.397. The highest BCUT2D eigenvalue weighted by atomic mass is 32.1. The molecule has 3 aromatic heterocycles. The smallest absolute Gasteiger partial charge is 0.238 e. The van der Waals surface area contributed by atoms with Crippen molar-refractivity contribution in [3.05, 3.63) is 170 Å². The second kappa shape index (κ2) is 11.6. The highest BCUT2D eigenvalue weighted by molar-refractivity contribution is 7.25. The SMILES string of the molecule is [2H]c1c([2H])c([2H])c2c(sc3c([2H])c4c5c([2H])c([2H])c([2H])c([2H])c5n(-c5nc(-c6cccc(-c7ccccc7)c6)nc(-c6cccc(-c7ccccc7)c6)n5)c4c([2H])c32)c1[2H]. The highest BCUT2D eigenvalue weighted by Gasteiger charge is 2.20. The lowest BCUT2D eigenvalue weighted by Crippen LogP contribution is -2.06. The van der Waals surface area contributed by atoms with Crippen molar-refractivity contribution in [3.63, 3.8) is 0 Å². The molecule has 0 unspecified atom stereocenters. The van der Waals surface area contributed by atoms with Gasteiger partial charge >= 0.3 is 0 Å². The average Bonchev–Trinajstić information content (AvgIpc) is 3.88. The van der Waals surface area contributed by atoms with E-state index < -0.39 is 36.3 Å². The molecule has 4 nitrogen and oxygen atoms in total. The molecule has 0 fully saturated rings. The number of benzene rings is 7. The highest BCUT2D eigenvalue weighted by Crippen LogP contribution is 2.40. The van der Waals surface area contributed by atoms with E-state index in [1.165, 1.54) is 4.57 Å². The lowest BCUT2D eigenvalue weighted by atomic mass is 10.0. The van der Waals surface area contributed by atoms with E-state index in [0.717, 1.165) is 33.6 Å². The Morgan fingerprint density at radius 3 is 1.66 bits per heavy atom. The molecule has 0 spiro atoms. The van der Waals surface area contributed by atoms with Crippen molar-refractivity contribution in [1.29, 1.82) is 0 Å². The van der Waals surface area contributed by atoms with Gasteiger partial charge in [0.1, 0.15) is 0 Å². The van der Waals surface area contributed by atoms with Gasteiger partial charge in [-0.1, -0.05) is 133 Å². The normalized spacial score (nSPS) is 14.4. The number of nitrogens with zero attached hydrogens (tertiary/aromatic N) is 4. The monoisotopic (exact) mass is 666 g/mol. The molecule has 0 N–H and O–H groups in total. The van der Waals surface area contributed by atoms with Gasteiger partial charge in [-0.25, -0.2) is 4.98 Å². The fourth-order valence-electron chi connectivity index (χ4n) is 6.36. The maximum atomic E-state index is 9.83. The van der Waals surface area contributed by atoms with Crippen LogP contribution in [0.3, 0.4) is 0 Å². The van der Waals surface area contributed by atoms with E-state index in [0.29, 0.717) is 11.1 Å². The Bertz CT molecular complexity index is 3340. The summed E-state index contributed by atoms with van der Waals surface area (Å²) in [6, 6.07) is 31.0. The van der Waals surface area contributed by atoms with Gasteiger partial charge in [0.15, 0.2) is 11.6 Å². The first-order valence-electron chi connectivity index (χ1n) is 20.9. The predicted octanol–water partition coefficient (Wildman–Crippen LogP) is 12.0. The maximum absolute atomic E-state index is 9.83. The van der Waals surface area contributed by atoms with Crippen LogP contribution in [-0.2, 0) is 0 Å². The molecule has 0 saturated heterocycles. The summed E-state index contributed by atoms with van der Waals surface area (Å²) in [4.78, 5) is 15.0. The maximum Gasteiger partial charge on any atom is 0.238 e. The van der Waals surface area contributed by atoms with Crippen molar-refractivity contribution in [3.8, 4) is 51.0 Å². The van der Waals surface area contributed by atoms with Crippen molar-refractivity contribution in [1.82, 2.24) is 19.5 Å². The van der Waals surface area contributed by atoms with Crippen LogP contribution in [0.25, 0.3) is 93.0 Å². The van der Waals surface area contributed by atoms with Gasteiger partial charge in [0.25, 0.3) is 0 Å². The van der Waals surface area contributed by atoms with Gasteiger partial charge in [0, 0.05) is 42.1 Å². The average molecular weight is 667 g/mol. The number of hydrogen-bond donors (Lipinski definition) is 0. The minimum Gasteiger partial charge on any atom is -0.278 e. The molecular formula is C45H28N4S. The molecule has 0 amide bonds. The molecule has 0 radical (unpaired) electrons. The van der Waals surface area contributed by atoms with Gasteiger partial charge in [-0.05, 0) is 58.6 Å². The van der Waals surface area contributed by atoms with Crippen LogP contribution in [-0.4, -0.2) is 19.5 Å². The predicted molar refractivity (Wildman–Crippen MR) is 209 cm³/mol. The molecular weight excluding hydrogens is 629 g/mol.